The Labute approximate surface area is 107 Å². The van der Waals surface area contributed by atoms with E-state index in [4.69, 9.17) is 0 Å². The molecule has 2 rings (SSSR count). The fraction of sp³-hybridized carbons (Fsp3) is 0.286. The van der Waals surface area contributed by atoms with Crippen molar-refractivity contribution < 1.29 is 4.79 Å². The highest BCUT2D eigenvalue weighted by atomic mass is 16.2. The molecule has 4 nitrogen and oxygen atoms in total. The Morgan fingerprint density at radius 1 is 1.17 bits per heavy atom. The normalized spacial score (nSPS) is 17.3. The van der Waals surface area contributed by atoms with Crippen molar-refractivity contribution in [3.63, 3.8) is 0 Å². The molecule has 0 saturated heterocycles. The minimum absolute atomic E-state index is 0.0787. The molecule has 18 heavy (non-hydrogen) atoms. The van der Waals surface area contributed by atoms with Gasteiger partial charge in [-0.2, -0.15) is 10.1 Å². The summed E-state index contributed by atoms with van der Waals surface area (Å²) in [5.74, 6) is -0.0787. The quantitative estimate of drug-likeness (QED) is 0.746. The van der Waals surface area contributed by atoms with Gasteiger partial charge in [0.1, 0.15) is 0 Å². The minimum atomic E-state index is -0.0787. The number of nitrogens with zero attached hydrogens (tertiary/aromatic N) is 3. The molecule has 0 N–H and O–H groups in total. The summed E-state index contributed by atoms with van der Waals surface area (Å²) in [6.45, 7) is 3.86. The highest BCUT2D eigenvalue weighted by Gasteiger charge is 2.28. The molecule has 1 heterocycles. The van der Waals surface area contributed by atoms with Gasteiger partial charge in [0, 0.05) is 20.3 Å². The van der Waals surface area contributed by atoms with Crippen LogP contribution in [0, 0.1) is 6.92 Å². The Morgan fingerprint density at radius 2 is 1.78 bits per heavy atom. The zero-order chi connectivity index (χ0) is 13.3. The van der Waals surface area contributed by atoms with Crippen LogP contribution in [0.3, 0.4) is 0 Å². The number of hydrogen-bond acceptors (Lipinski definition) is 3. The molecule has 94 valence electrons. The van der Waals surface area contributed by atoms with Crippen LogP contribution in [0.25, 0.3) is 0 Å². The van der Waals surface area contributed by atoms with Crippen molar-refractivity contribution >= 4 is 17.3 Å². The molecule has 0 bridgehead atoms. The lowest BCUT2D eigenvalue weighted by atomic mass is 10.2. The summed E-state index contributed by atoms with van der Waals surface area (Å²) in [5, 5.41) is 5.76. The molecule has 1 amide bonds. The fourth-order valence-corrected chi connectivity index (χ4v) is 1.79. The number of anilines is 1. The van der Waals surface area contributed by atoms with Crippen LogP contribution in [-0.4, -0.2) is 30.6 Å². The molecule has 0 saturated carbocycles. The third kappa shape index (κ3) is 2.27. The van der Waals surface area contributed by atoms with Gasteiger partial charge in [0.2, 0.25) is 0 Å². The van der Waals surface area contributed by atoms with Gasteiger partial charge in [-0.15, -0.1) is 0 Å². The third-order valence-corrected chi connectivity index (χ3v) is 2.73. The molecular formula is C14H17N3O. The minimum Gasteiger partial charge on any atom is -0.383 e. The number of aryl methyl sites for hydroxylation is 1. The maximum atomic E-state index is 12.3. The van der Waals surface area contributed by atoms with Gasteiger partial charge in [0.05, 0.1) is 17.0 Å². The third-order valence-electron chi connectivity index (χ3n) is 2.73. The second-order valence-corrected chi connectivity index (χ2v) is 4.64. The van der Waals surface area contributed by atoms with Crippen molar-refractivity contribution in [2.75, 3.05) is 19.1 Å². The zero-order valence-electron chi connectivity index (χ0n) is 11.1. The van der Waals surface area contributed by atoms with Gasteiger partial charge >= 0.3 is 0 Å². The smallest absolute Gasteiger partial charge is 0.282 e. The lowest BCUT2D eigenvalue weighted by Gasteiger charge is -2.12. The van der Waals surface area contributed by atoms with Crippen molar-refractivity contribution in [2.45, 2.75) is 13.8 Å². The number of hydrazone groups is 1. The van der Waals surface area contributed by atoms with E-state index in [0.717, 1.165) is 17.0 Å². The van der Waals surface area contributed by atoms with Gasteiger partial charge in [-0.25, -0.2) is 0 Å². The average Bonchev–Trinajstić information content (AvgIpc) is 2.58. The van der Waals surface area contributed by atoms with E-state index < -0.39 is 0 Å². The summed E-state index contributed by atoms with van der Waals surface area (Å²) in [7, 11) is 3.78. The molecule has 1 aliphatic heterocycles. The summed E-state index contributed by atoms with van der Waals surface area (Å²) >= 11 is 0. The summed E-state index contributed by atoms with van der Waals surface area (Å²) < 4.78 is 0. The SMILES string of the molecule is CC1=NN(c2ccc(C)cc2)C(=O)/C1=C\N(C)C. The van der Waals surface area contributed by atoms with Gasteiger partial charge in [-0.05, 0) is 26.0 Å². The number of carbonyl (C=O) groups excluding carboxylic acids is 1. The van der Waals surface area contributed by atoms with Gasteiger partial charge in [-0.3, -0.25) is 4.79 Å². The van der Waals surface area contributed by atoms with Crippen LogP contribution in [0.5, 0.6) is 0 Å². The fourth-order valence-electron chi connectivity index (χ4n) is 1.79. The standard InChI is InChI=1S/C14H17N3O/c1-10-5-7-12(8-6-10)17-14(18)13(9-16(3)4)11(2)15-17/h5-9H,1-4H3/b13-9-. The molecule has 1 aromatic carbocycles. The number of rotatable bonds is 2. The number of amides is 1. The van der Waals surface area contributed by atoms with Crippen LogP contribution >= 0.6 is 0 Å². The van der Waals surface area contributed by atoms with Crippen molar-refractivity contribution in [2.24, 2.45) is 5.10 Å². The van der Waals surface area contributed by atoms with Gasteiger partial charge < -0.3 is 4.90 Å². The molecule has 0 unspecified atom stereocenters. The molecule has 0 fully saturated rings. The Kier molecular flexibility index (Phi) is 3.19. The molecule has 1 aromatic rings. The summed E-state index contributed by atoms with van der Waals surface area (Å²) in [6.07, 6.45) is 1.80. The van der Waals surface area contributed by atoms with Crippen LogP contribution in [0.1, 0.15) is 12.5 Å². The van der Waals surface area contributed by atoms with E-state index in [0.29, 0.717) is 5.57 Å². The summed E-state index contributed by atoms with van der Waals surface area (Å²) in [6, 6.07) is 7.76. The van der Waals surface area contributed by atoms with E-state index in [2.05, 4.69) is 5.10 Å². The van der Waals surface area contributed by atoms with Crippen LogP contribution < -0.4 is 5.01 Å². The van der Waals surface area contributed by atoms with Crippen molar-refractivity contribution in [3.05, 3.63) is 41.6 Å². The molecule has 0 aromatic heterocycles. The first-order valence-corrected chi connectivity index (χ1v) is 5.84. The molecular weight excluding hydrogens is 226 g/mol. The number of carbonyl (C=O) groups is 1. The molecule has 0 spiro atoms. The van der Waals surface area contributed by atoms with Gasteiger partial charge in [0.15, 0.2) is 0 Å². The van der Waals surface area contributed by atoms with Crippen LogP contribution in [-0.2, 0) is 4.79 Å². The van der Waals surface area contributed by atoms with Crippen molar-refractivity contribution in [3.8, 4) is 0 Å². The molecule has 1 aliphatic rings. The first kappa shape index (κ1) is 12.4. The number of hydrogen-bond donors (Lipinski definition) is 0. The summed E-state index contributed by atoms with van der Waals surface area (Å²) in [5.41, 5.74) is 3.34. The van der Waals surface area contributed by atoms with E-state index in [1.54, 1.807) is 6.20 Å². The topological polar surface area (TPSA) is 35.9 Å². The largest absolute Gasteiger partial charge is 0.383 e. The molecule has 0 radical (unpaired) electrons. The Hall–Kier alpha value is -2.10. The highest BCUT2D eigenvalue weighted by Crippen LogP contribution is 2.23. The van der Waals surface area contributed by atoms with E-state index in [1.165, 1.54) is 5.01 Å². The first-order valence-electron chi connectivity index (χ1n) is 5.84. The molecule has 0 aliphatic carbocycles. The van der Waals surface area contributed by atoms with Crippen molar-refractivity contribution in [1.82, 2.24) is 4.90 Å². The zero-order valence-corrected chi connectivity index (χ0v) is 11.1. The van der Waals surface area contributed by atoms with Gasteiger partial charge in [-0.1, -0.05) is 17.7 Å². The Balaban J connectivity index is 2.33. The molecule has 4 heteroatoms. The van der Waals surface area contributed by atoms with Gasteiger partial charge in [0.25, 0.3) is 5.91 Å². The van der Waals surface area contributed by atoms with Crippen LogP contribution in [0.4, 0.5) is 5.69 Å². The first-order chi connectivity index (χ1) is 8.49. The lowest BCUT2D eigenvalue weighted by molar-refractivity contribution is -0.114. The van der Waals surface area contributed by atoms with E-state index in [-0.39, 0.29) is 5.91 Å². The average molecular weight is 243 g/mol. The lowest BCUT2D eigenvalue weighted by Crippen LogP contribution is -2.22. The second kappa shape index (κ2) is 4.64. The highest BCUT2D eigenvalue weighted by molar-refractivity contribution is 6.29. The molecule has 0 atom stereocenters. The van der Waals surface area contributed by atoms with Crippen LogP contribution in [0.2, 0.25) is 0 Å². The van der Waals surface area contributed by atoms with E-state index in [9.17, 15) is 4.79 Å². The van der Waals surface area contributed by atoms with Crippen molar-refractivity contribution in [1.29, 1.82) is 0 Å². The Morgan fingerprint density at radius 3 is 2.33 bits per heavy atom. The van der Waals surface area contributed by atoms with Crippen LogP contribution in [0.15, 0.2) is 41.1 Å². The second-order valence-electron chi connectivity index (χ2n) is 4.64. The van der Waals surface area contributed by atoms with E-state index in [1.807, 2.05) is 57.1 Å². The number of benzene rings is 1. The predicted molar refractivity (Wildman–Crippen MR) is 73.5 cm³/mol. The Bertz CT molecular complexity index is 526. The predicted octanol–water partition coefficient (Wildman–Crippen LogP) is 2.16. The van der Waals surface area contributed by atoms with E-state index >= 15 is 0 Å². The maximum Gasteiger partial charge on any atom is 0.282 e. The summed E-state index contributed by atoms with van der Waals surface area (Å²) in [4.78, 5) is 14.1. The maximum absolute atomic E-state index is 12.3. The monoisotopic (exact) mass is 243 g/mol.